The van der Waals surface area contributed by atoms with E-state index in [2.05, 4.69) is 0 Å². The summed E-state index contributed by atoms with van der Waals surface area (Å²) in [6, 6.07) is 0. The fourth-order valence-corrected chi connectivity index (χ4v) is 2.00. The van der Waals surface area contributed by atoms with Gasteiger partial charge in [0.25, 0.3) is 0 Å². The first kappa shape index (κ1) is 12.3. The Bertz CT molecular complexity index is 188. The van der Waals surface area contributed by atoms with E-state index in [9.17, 15) is 4.79 Å². The Hall–Kier alpha value is -0.770. The van der Waals surface area contributed by atoms with Gasteiger partial charge in [0.2, 0.25) is 0 Å². The van der Waals surface area contributed by atoms with Gasteiger partial charge in [-0.2, -0.15) is 0 Å². The molecule has 0 unspecified atom stereocenters. The van der Waals surface area contributed by atoms with Gasteiger partial charge in [0.05, 0.1) is 6.61 Å². The molecule has 1 rings (SSSR count). The second-order valence-corrected chi connectivity index (χ2v) is 4.00. The molecule has 4 nitrogen and oxygen atoms in total. The van der Waals surface area contributed by atoms with Gasteiger partial charge in [0.1, 0.15) is 0 Å². The van der Waals surface area contributed by atoms with Crippen LogP contribution in [0.1, 0.15) is 32.6 Å². The molecule has 1 fully saturated rings. The average Bonchev–Trinajstić information content (AvgIpc) is 2.27. The number of aliphatic hydroxyl groups is 1. The summed E-state index contributed by atoms with van der Waals surface area (Å²) in [6.45, 7) is 4.15. The van der Waals surface area contributed by atoms with Crippen molar-refractivity contribution in [3.8, 4) is 0 Å². The Morgan fingerprint density at radius 1 is 1.47 bits per heavy atom. The van der Waals surface area contributed by atoms with Crippen molar-refractivity contribution >= 4 is 6.09 Å². The summed E-state index contributed by atoms with van der Waals surface area (Å²) in [6.07, 6.45) is 3.85. The van der Waals surface area contributed by atoms with E-state index in [-0.39, 0.29) is 12.7 Å². The topological polar surface area (TPSA) is 49.8 Å². The number of carbonyl (C=O) groups is 1. The van der Waals surface area contributed by atoms with Crippen LogP contribution in [0, 0.1) is 5.92 Å². The number of amides is 1. The highest BCUT2D eigenvalue weighted by atomic mass is 16.6. The predicted octanol–water partition coefficient (Wildman–Crippen LogP) is 1.63. The van der Waals surface area contributed by atoms with Crippen LogP contribution in [0.3, 0.4) is 0 Å². The van der Waals surface area contributed by atoms with Crippen LogP contribution in [-0.4, -0.2) is 42.4 Å². The van der Waals surface area contributed by atoms with Gasteiger partial charge in [-0.05, 0) is 38.5 Å². The van der Waals surface area contributed by atoms with Crippen molar-refractivity contribution < 1.29 is 14.6 Å². The van der Waals surface area contributed by atoms with Gasteiger partial charge in [-0.25, -0.2) is 4.79 Å². The minimum absolute atomic E-state index is 0.182. The number of hydrogen-bond acceptors (Lipinski definition) is 3. The highest BCUT2D eigenvalue weighted by molar-refractivity contribution is 5.67. The summed E-state index contributed by atoms with van der Waals surface area (Å²) in [5.74, 6) is 0.669. The molecule has 0 saturated carbocycles. The quantitative estimate of drug-likeness (QED) is 0.775. The van der Waals surface area contributed by atoms with Crippen molar-refractivity contribution in [2.24, 2.45) is 5.92 Å². The van der Waals surface area contributed by atoms with Crippen LogP contribution in [-0.2, 0) is 4.74 Å². The van der Waals surface area contributed by atoms with Crippen molar-refractivity contribution in [3.63, 3.8) is 0 Å². The second-order valence-electron chi connectivity index (χ2n) is 4.00. The SMILES string of the molecule is CCOC(=O)N1CCC(CCCO)CC1. The molecule has 15 heavy (non-hydrogen) atoms. The van der Waals surface area contributed by atoms with Crippen molar-refractivity contribution in [2.45, 2.75) is 32.6 Å². The summed E-state index contributed by atoms with van der Waals surface area (Å²) in [7, 11) is 0. The Morgan fingerprint density at radius 3 is 2.67 bits per heavy atom. The van der Waals surface area contributed by atoms with Crippen molar-refractivity contribution in [1.82, 2.24) is 4.90 Å². The fraction of sp³-hybridized carbons (Fsp3) is 0.909. The average molecular weight is 215 g/mol. The molecule has 1 heterocycles. The maximum atomic E-state index is 11.4. The summed E-state index contributed by atoms with van der Waals surface area (Å²) in [5.41, 5.74) is 0. The predicted molar refractivity (Wildman–Crippen MR) is 57.6 cm³/mol. The van der Waals surface area contributed by atoms with E-state index in [1.165, 1.54) is 0 Å². The van der Waals surface area contributed by atoms with E-state index >= 15 is 0 Å². The Morgan fingerprint density at radius 2 is 2.13 bits per heavy atom. The molecule has 1 N–H and O–H groups in total. The fourth-order valence-electron chi connectivity index (χ4n) is 2.00. The Kier molecular flexibility index (Phi) is 5.47. The molecule has 0 spiro atoms. The van der Waals surface area contributed by atoms with Gasteiger partial charge >= 0.3 is 6.09 Å². The number of nitrogens with zero attached hydrogens (tertiary/aromatic N) is 1. The van der Waals surface area contributed by atoms with Crippen LogP contribution in [0.2, 0.25) is 0 Å². The number of hydrogen-bond donors (Lipinski definition) is 1. The number of rotatable bonds is 4. The van der Waals surface area contributed by atoms with Crippen LogP contribution in [0.5, 0.6) is 0 Å². The molecule has 0 aromatic carbocycles. The molecular formula is C11H21NO3. The second kappa shape index (κ2) is 6.67. The zero-order valence-electron chi connectivity index (χ0n) is 9.45. The van der Waals surface area contributed by atoms with E-state index in [1.54, 1.807) is 4.90 Å². The molecule has 0 aromatic rings. The molecule has 0 atom stereocenters. The standard InChI is InChI=1S/C11H21NO3/c1-2-15-11(14)12-7-5-10(6-8-12)4-3-9-13/h10,13H,2-9H2,1H3. The van der Waals surface area contributed by atoms with Gasteiger partial charge in [-0.1, -0.05) is 0 Å². The number of carbonyl (C=O) groups excluding carboxylic acids is 1. The smallest absolute Gasteiger partial charge is 0.409 e. The molecule has 0 aliphatic carbocycles. The monoisotopic (exact) mass is 215 g/mol. The van der Waals surface area contributed by atoms with Crippen molar-refractivity contribution in [1.29, 1.82) is 0 Å². The molecule has 1 saturated heterocycles. The molecule has 1 aliphatic rings. The van der Waals surface area contributed by atoms with Crippen molar-refractivity contribution in [3.05, 3.63) is 0 Å². The lowest BCUT2D eigenvalue weighted by atomic mass is 9.92. The lowest BCUT2D eigenvalue weighted by Gasteiger charge is -2.31. The summed E-state index contributed by atoms with van der Waals surface area (Å²) >= 11 is 0. The van der Waals surface area contributed by atoms with E-state index < -0.39 is 0 Å². The van der Waals surface area contributed by atoms with Crippen LogP contribution < -0.4 is 0 Å². The number of piperidine rings is 1. The van der Waals surface area contributed by atoms with Gasteiger partial charge in [0, 0.05) is 19.7 Å². The van der Waals surface area contributed by atoms with Gasteiger partial charge < -0.3 is 14.7 Å². The minimum Gasteiger partial charge on any atom is -0.450 e. The lowest BCUT2D eigenvalue weighted by molar-refractivity contribution is 0.0899. The van der Waals surface area contributed by atoms with E-state index in [4.69, 9.17) is 9.84 Å². The summed E-state index contributed by atoms with van der Waals surface area (Å²) in [5, 5.41) is 8.72. The van der Waals surface area contributed by atoms with Crippen LogP contribution >= 0.6 is 0 Å². The van der Waals surface area contributed by atoms with Gasteiger partial charge in [-0.3, -0.25) is 0 Å². The normalized spacial score (nSPS) is 17.9. The molecule has 0 aromatic heterocycles. The van der Waals surface area contributed by atoms with Crippen LogP contribution in [0.25, 0.3) is 0 Å². The molecule has 0 radical (unpaired) electrons. The van der Waals surface area contributed by atoms with Crippen molar-refractivity contribution in [2.75, 3.05) is 26.3 Å². The summed E-state index contributed by atoms with van der Waals surface area (Å²) in [4.78, 5) is 13.2. The third-order valence-corrected chi connectivity index (χ3v) is 2.91. The Balaban J connectivity index is 2.20. The first-order valence-electron chi connectivity index (χ1n) is 5.80. The van der Waals surface area contributed by atoms with E-state index in [1.807, 2.05) is 6.92 Å². The molecule has 0 bridgehead atoms. The molecule has 4 heteroatoms. The molecule has 88 valence electrons. The zero-order chi connectivity index (χ0) is 11.1. The third kappa shape index (κ3) is 4.08. The molecule has 1 aliphatic heterocycles. The lowest BCUT2D eigenvalue weighted by Crippen LogP contribution is -2.38. The maximum absolute atomic E-state index is 11.4. The molecular weight excluding hydrogens is 194 g/mol. The van der Waals surface area contributed by atoms with Crippen LogP contribution in [0.4, 0.5) is 4.79 Å². The highest BCUT2D eigenvalue weighted by Gasteiger charge is 2.22. The third-order valence-electron chi connectivity index (χ3n) is 2.91. The van der Waals surface area contributed by atoms with Gasteiger partial charge in [0.15, 0.2) is 0 Å². The van der Waals surface area contributed by atoms with Crippen LogP contribution in [0.15, 0.2) is 0 Å². The molecule has 1 amide bonds. The highest BCUT2D eigenvalue weighted by Crippen LogP contribution is 2.21. The van der Waals surface area contributed by atoms with Gasteiger partial charge in [-0.15, -0.1) is 0 Å². The van der Waals surface area contributed by atoms with E-state index in [0.717, 1.165) is 38.8 Å². The summed E-state index contributed by atoms with van der Waals surface area (Å²) < 4.78 is 4.94. The minimum atomic E-state index is -0.182. The zero-order valence-corrected chi connectivity index (χ0v) is 9.45. The number of aliphatic hydroxyl groups excluding tert-OH is 1. The largest absolute Gasteiger partial charge is 0.450 e. The first-order valence-corrected chi connectivity index (χ1v) is 5.80. The first-order chi connectivity index (χ1) is 7.27. The maximum Gasteiger partial charge on any atom is 0.409 e. The Labute approximate surface area is 91.2 Å². The van der Waals surface area contributed by atoms with E-state index in [0.29, 0.717) is 12.5 Å². The number of likely N-dealkylation sites (tertiary alicyclic amines) is 1. The number of ether oxygens (including phenoxy) is 1.